The number of nitrogens with zero attached hydrogens (tertiary/aromatic N) is 1. The SMILES string of the molecule is COCc1nc(C(=O)NC(C)(C)c2ccc3c(c2)OCCO3)cs1. The summed E-state index contributed by atoms with van der Waals surface area (Å²) in [5.74, 6) is 1.22. The second kappa shape index (κ2) is 6.78. The predicted octanol–water partition coefficient (Wildman–Crippen LogP) is 2.73. The summed E-state index contributed by atoms with van der Waals surface area (Å²) in [6.07, 6.45) is 0. The standard InChI is InChI=1S/C17H20N2O4S/c1-17(2,11-4-5-13-14(8-11)23-7-6-22-13)19-16(20)12-10-24-15(18-12)9-21-3/h4-5,8,10H,6-7,9H2,1-3H3,(H,19,20). The molecule has 1 amide bonds. The molecule has 2 aromatic rings. The van der Waals surface area contributed by atoms with Crippen LogP contribution in [0.4, 0.5) is 0 Å². The number of benzene rings is 1. The van der Waals surface area contributed by atoms with Crippen LogP contribution in [0.1, 0.15) is 34.9 Å². The van der Waals surface area contributed by atoms with Crippen LogP contribution in [0.5, 0.6) is 11.5 Å². The van der Waals surface area contributed by atoms with Crippen LogP contribution in [0.15, 0.2) is 23.6 Å². The molecule has 0 bridgehead atoms. The number of carbonyl (C=O) groups excluding carboxylic acids is 1. The molecule has 7 heteroatoms. The Kier molecular flexibility index (Phi) is 4.73. The van der Waals surface area contributed by atoms with E-state index in [0.717, 1.165) is 16.3 Å². The number of ether oxygens (including phenoxy) is 3. The topological polar surface area (TPSA) is 69.7 Å². The van der Waals surface area contributed by atoms with E-state index in [4.69, 9.17) is 14.2 Å². The molecule has 0 saturated carbocycles. The first-order chi connectivity index (χ1) is 11.5. The number of nitrogens with one attached hydrogen (secondary N) is 1. The maximum Gasteiger partial charge on any atom is 0.271 e. The van der Waals surface area contributed by atoms with E-state index in [1.165, 1.54) is 11.3 Å². The summed E-state index contributed by atoms with van der Waals surface area (Å²) >= 11 is 1.41. The highest BCUT2D eigenvalue weighted by Gasteiger charge is 2.26. The molecule has 0 saturated heterocycles. The first kappa shape index (κ1) is 16.7. The van der Waals surface area contributed by atoms with Crippen molar-refractivity contribution in [1.29, 1.82) is 0 Å². The fourth-order valence-corrected chi connectivity index (χ4v) is 3.20. The zero-order valence-corrected chi connectivity index (χ0v) is 14.7. The van der Waals surface area contributed by atoms with Crippen LogP contribution in [0, 0.1) is 0 Å². The summed E-state index contributed by atoms with van der Waals surface area (Å²) in [5, 5.41) is 5.54. The fraction of sp³-hybridized carbons (Fsp3) is 0.412. The van der Waals surface area contributed by atoms with Crippen molar-refractivity contribution >= 4 is 17.2 Å². The van der Waals surface area contributed by atoms with Crippen LogP contribution in [-0.2, 0) is 16.9 Å². The highest BCUT2D eigenvalue weighted by Crippen LogP contribution is 2.34. The number of rotatable bonds is 5. The van der Waals surface area contributed by atoms with E-state index >= 15 is 0 Å². The van der Waals surface area contributed by atoms with E-state index < -0.39 is 5.54 Å². The van der Waals surface area contributed by atoms with Crippen LogP contribution >= 0.6 is 11.3 Å². The van der Waals surface area contributed by atoms with Crippen molar-refractivity contribution in [2.24, 2.45) is 0 Å². The van der Waals surface area contributed by atoms with Gasteiger partial charge in [0.15, 0.2) is 11.5 Å². The number of carbonyl (C=O) groups is 1. The second-order valence-corrected chi connectivity index (χ2v) is 6.94. The normalized spacial score (nSPS) is 13.6. The van der Waals surface area contributed by atoms with Crippen molar-refractivity contribution in [1.82, 2.24) is 10.3 Å². The van der Waals surface area contributed by atoms with Crippen molar-refractivity contribution in [2.45, 2.75) is 26.0 Å². The number of methoxy groups -OCH3 is 1. The van der Waals surface area contributed by atoms with Gasteiger partial charge < -0.3 is 19.5 Å². The molecule has 24 heavy (non-hydrogen) atoms. The minimum Gasteiger partial charge on any atom is -0.486 e. The highest BCUT2D eigenvalue weighted by atomic mass is 32.1. The lowest BCUT2D eigenvalue weighted by molar-refractivity contribution is 0.0906. The third-order valence-corrected chi connectivity index (χ3v) is 4.56. The van der Waals surface area contributed by atoms with Gasteiger partial charge in [0.2, 0.25) is 0 Å². The maximum absolute atomic E-state index is 12.5. The molecule has 1 N–H and O–H groups in total. The van der Waals surface area contributed by atoms with Crippen LogP contribution in [0.2, 0.25) is 0 Å². The zero-order chi connectivity index (χ0) is 17.2. The van der Waals surface area contributed by atoms with E-state index in [1.54, 1.807) is 12.5 Å². The van der Waals surface area contributed by atoms with Gasteiger partial charge in [-0.15, -0.1) is 11.3 Å². The lowest BCUT2D eigenvalue weighted by Crippen LogP contribution is -2.41. The predicted molar refractivity (Wildman–Crippen MR) is 90.8 cm³/mol. The van der Waals surface area contributed by atoms with Crippen LogP contribution < -0.4 is 14.8 Å². The average Bonchev–Trinajstić information content (AvgIpc) is 3.03. The van der Waals surface area contributed by atoms with Gasteiger partial charge in [0.1, 0.15) is 23.9 Å². The van der Waals surface area contributed by atoms with Gasteiger partial charge in [-0.3, -0.25) is 4.79 Å². The Labute approximate surface area is 144 Å². The van der Waals surface area contributed by atoms with Gasteiger partial charge in [0.25, 0.3) is 5.91 Å². The molecule has 0 atom stereocenters. The number of thiazole rings is 1. The Hall–Kier alpha value is -2.12. The molecule has 1 aromatic carbocycles. The summed E-state index contributed by atoms with van der Waals surface area (Å²) in [4.78, 5) is 16.8. The van der Waals surface area contributed by atoms with Gasteiger partial charge in [-0.25, -0.2) is 4.98 Å². The van der Waals surface area contributed by atoms with Crippen molar-refractivity contribution in [3.8, 4) is 11.5 Å². The number of hydrogen-bond acceptors (Lipinski definition) is 6. The number of aromatic nitrogens is 1. The molecule has 2 heterocycles. The summed E-state index contributed by atoms with van der Waals surface area (Å²) in [6, 6.07) is 5.72. The van der Waals surface area contributed by atoms with Gasteiger partial charge in [0.05, 0.1) is 12.1 Å². The maximum atomic E-state index is 12.5. The van der Waals surface area contributed by atoms with Crippen LogP contribution in [0.25, 0.3) is 0 Å². The van der Waals surface area contributed by atoms with Crippen molar-refractivity contribution < 1.29 is 19.0 Å². The molecule has 128 valence electrons. The van der Waals surface area contributed by atoms with Gasteiger partial charge in [-0.2, -0.15) is 0 Å². The lowest BCUT2D eigenvalue weighted by Gasteiger charge is -2.28. The minimum absolute atomic E-state index is 0.214. The molecule has 0 spiro atoms. The Bertz CT molecular complexity index is 742. The first-order valence-corrected chi connectivity index (χ1v) is 8.53. The molecule has 1 aliphatic rings. The van der Waals surface area contributed by atoms with Gasteiger partial charge >= 0.3 is 0 Å². The molecule has 0 radical (unpaired) electrons. The highest BCUT2D eigenvalue weighted by molar-refractivity contribution is 7.09. The third-order valence-electron chi connectivity index (χ3n) is 3.74. The summed E-state index contributed by atoms with van der Waals surface area (Å²) < 4.78 is 16.2. The molecule has 0 aliphatic carbocycles. The number of amides is 1. The smallest absolute Gasteiger partial charge is 0.271 e. The van der Waals surface area contributed by atoms with Crippen molar-refractivity contribution in [2.75, 3.05) is 20.3 Å². The van der Waals surface area contributed by atoms with E-state index in [1.807, 2.05) is 32.0 Å². The minimum atomic E-state index is -0.571. The molecule has 1 aromatic heterocycles. The number of fused-ring (bicyclic) bond motifs is 1. The lowest BCUT2D eigenvalue weighted by atomic mass is 9.93. The van der Waals surface area contributed by atoms with Crippen LogP contribution in [-0.4, -0.2) is 31.2 Å². The molecular formula is C17H20N2O4S. The summed E-state index contributed by atoms with van der Waals surface area (Å²) in [7, 11) is 1.60. The molecule has 6 nitrogen and oxygen atoms in total. The van der Waals surface area contributed by atoms with Gasteiger partial charge in [-0.05, 0) is 31.5 Å². The fourth-order valence-electron chi connectivity index (χ4n) is 2.46. The molecule has 1 aliphatic heterocycles. The van der Waals surface area contributed by atoms with Crippen LogP contribution in [0.3, 0.4) is 0 Å². The van der Waals surface area contributed by atoms with Gasteiger partial charge in [-0.1, -0.05) is 6.07 Å². The van der Waals surface area contributed by atoms with Crippen molar-refractivity contribution in [3.05, 3.63) is 39.8 Å². The van der Waals surface area contributed by atoms with E-state index in [0.29, 0.717) is 31.3 Å². The van der Waals surface area contributed by atoms with Gasteiger partial charge in [0, 0.05) is 12.5 Å². The Morgan fingerprint density at radius 1 is 1.33 bits per heavy atom. The Morgan fingerprint density at radius 2 is 2.08 bits per heavy atom. The first-order valence-electron chi connectivity index (χ1n) is 7.65. The average molecular weight is 348 g/mol. The largest absolute Gasteiger partial charge is 0.486 e. The number of hydrogen-bond donors (Lipinski definition) is 1. The zero-order valence-electron chi connectivity index (χ0n) is 13.9. The molecule has 3 rings (SSSR count). The second-order valence-electron chi connectivity index (χ2n) is 6.00. The Morgan fingerprint density at radius 3 is 2.83 bits per heavy atom. The third kappa shape index (κ3) is 3.52. The van der Waals surface area contributed by atoms with Crippen molar-refractivity contribution in [3.63, 3.8) is 0 Å². The van der Waals surface area contributed by atoms with E-state index in [9.17, 15) is 4.79 Å². The summed E-state index contributed by atoms with van der Waals surface area (Å²) in [6.45, 7) is 5.38. The van der Waals surface area contributed by atoms with E-state index in [-0.39, 0.29) is 5.91 Å². The molecular weight excluding hydrogens is 328 g/mol. The molecule has 0 fully saturated rings. The summed E-state index contributed by atoms with van der Waals surface area (Å²) in [5.41, 5.74) is 0.767. The monoisotopic (exact) mass is 348 g/mol. The molecule has 0 unspecified atom stereocenters. The quantitative estimate of drug-likeness (QED) is 0.900. The van der Waals surface area contributed by atoms with E-state index in [2.05, 4.69) is 10.3 Å². The Balaban J connectivity index is 1.76.